The molecule has 88 valence electrons. The van der Waals surface area contributed by atoms with Gasteiger partial charge in [0.15, 0.2) is 0 Å². The van der Waals surface area contributed by atoms with Crippen LogP contribution in [0.2, 0.25) is 0 Å². The molecule has 0 bridgehead atoms. The highest BCUT2D eigenvalue weighted by atomic mass is 16.5. The highest BCUT2D eigenvalue weighted by Gasteiger charge is 2.24. The molecule has 0 aromatic carbocycles. The molecule has 1 atom stereocenters. The highest BCUT2D eigenvalue weighted by Crippen LogP contribution is 2.25. The SMILES string of the molecule is CC(C)n1nc([C@H]2CCOC2)cc1C(=O)O. The molecular formula is C11H16N2O3. The fourth-order valence-corrected chi connectivity index (χ4v) is 1.93. The van der Waals surface area contributed by atoms with E-state index in [-0.39, 0.29) is 17.7 Å². The molecule has 0 saturated carbocycles. The van der Waals surface area contributed by atoms with Gasteiger partial charge in [-0.25, -0.2) is 4.79 Å². The zero-order chi connectivity index (χ0) is 11.7. The predicted molar refractivity (Wildman–Crippen MR) is 57.7 cm³/mol. The number of nitrogens with zero attached hydrogens (tertiary/aromatic N) is 2. The van der Waals surface area contributed by atoms with Crippen LogP contribution in [-0.2, 0) is 4.74 Å². The van der Waals surface area contributed by atoms with Crippen LogP contribution >= 0.6 is 0 Å². The van der Waals surface area contributed by atoms with Gasteiger partial charge in [-0.1, -0.05) is 0 Å². The quantitative estimate of drug-likeness (QED) is 0.848. The van der Waals surface area contributed by atoms with Crippen LogP contribution in [0.15, 0.2) is 6.07 Å². The van der Waals surface area contributed by atoms with Crippen LogP contribution < -0.4 is 0 Å². The van der Waals surface area contributed by atoms with Gasteiger partial charge in [0.2, 0.25) is 0 Å². The lowest BCUT2D eigenvalue weighted by Crippen LogP contribution is -2.12. The molecule has 1 fully saturated rings. The van der Waals surface area contributed by atoms with Crippen molar-refractivity contribution >= 4 is 5.97 Å². The standard InChI is InChI=1S/C11H16N2O3/c1-7(2)13-10(11(14)15)5-9(12-13)8-3-4-16-6-8/h5,7-8H,3-4,6H2,1-2H3,(H,14,15)/t8-/m0/s1. The summed E-state index contributed by atoms with van der Waals surface area (Å²) >= 11 is 0. The Balaban J connectivity index is 2.34. The number of aromatic nitrogens is 2. The number of aromatic carboxylic acids is 1. The van der Waals surface area contributed by atoms with E-state index in [1.807, 2.05) is 13.8 Å². The van der Waals surface area contributed by atoms with Gasteiger partial charge in [0.05, 0.1) is 12.3 Å². The lowest BCUT2D eigenvalue weighted by Gasteiger charge is -2.07. The second kappa shape index (κ2) is 4.25. The number of carboxylic acids is 1. The van der Waals surface area contributed by atoms with Gasteiger partial charge in [-0.2, -0.15) is 5.10 Å². The summed E-state index contributed by atoms with van der Waals surface area (Å²) < 4.78 is 6.85. The van der Waals surface area contributed by atoms with E-state index in [2.05, 4.69) is 5.10 Å². The first kappa shape index (κ1) is 11.1. The molecule has 0 spiro atoms. The van der Waals surface area contributed by atoms with Crippen molar-refractivity contribution in [3.05, 3.63) is 17.5 Å². The average Bonchev–Trinajstić information content (AvgIpc) is 2.86. The summed E-state index contributed by atoms with van der Waals surface area (Å²) in [4.78, 5) is 11.1. The Bertz CT molecular complexity index is 392. The van der Waals surface area contributed by atoms with Crippen LogP contribution in [0.4, 0.5) is 0 Å². The molecule has 1 aliphatic rings. The minimum absolute atomic E-state index is 0.0576. The lowest BCUT2D eigenvalue weighted by molar-refractivity contribution is 0.0681. The van der Waals surface area contributed by atoms with Crippen molar-refractivity contribution in [1.82, 2.24) is 9.78 Å². The lowest BCUT2D eigenvalue weighted by atomic mass is 10.1. The molecule has 0 unspecified atom stereocenters. The molecule has 16 heavy (non-hydrogen) atoms. The van der Waals surface area contributed by atoms with Gasteiger partial charge < -0.3 is 9.84 Å². The van der Waals surface area contributed by atoms with Crippen LogP contribution in [0.1, 0.15) is 48.4 Å². The molecule has 0 amide bonds. The van der Waals surface area contributed by atoms with E-state index in [4.69, 9.17) is 9.84 Å². The van der Waals surface area contributed by atoms with E-state index in [0.29, 0.717) is 6.61 Å². The first-order valence-electron chi connectivity index (χ1n) is 5.50. The summed E-state index contributed by atoms with van der Waals surface area (Å²) in [5.41, 5.74) is 1.10. The van der Waals surface area contributed by atoms with Crippen LogP contribution in [0.25, 0.3) is 0 Å². The highest BCUT2D eigenvalue weighted by molar-refractivity contribution is 5.85. The molecule has 1 N–H and O–H groups in total. The monoisotopic (exact) mass is 224 g/mol. The molecule has 1 aromatic heterocycles. The average molecular weight is 224 g/mol. The summed E-state index contributed by atoms with van der Waals surface area (Å²) in [6, 6.07) is 1.73. The molecule has 1 aliphatic heterocycles. The Kier molecular flexibility index (Phi) is 2.96. The zero-order valence-electron chi connectivity index (χ0n) is 9.51. The van der Waals surface area contributed by atoms with Gasteiger partial charge in [-0.05, 0) is 26.3 Å². The molecule has 5 nitrogen and oxygen atoms in total. The number of hydrogen-bond acceptors (Lipinski definition) is 3. The molecular weight excluding hydrogens is 208 g/mol. The molecule has 1 aromatic rings. The number of carboxylic acid groups (broad SMARTS) is 1. The third-order valence-corrected chi connectivity index (χ3v) is 2.81. The van der Waals surface area contributed by atoms with Crippen LogP contribution in [0.5, 0.6) is 0 Å². The molecule has 5 heteroatoms. The smallest absolute Gasteiger partial charge is 0.354 e. The van der Waals surface area contributed by atoms with Crippen molar-refractivity contribution in [2.75, 3.05) is 13.2 Å². The summed E-state index contributed by atoms with van der Waals surface area (Å²) in [6.45, 7) is 5.23. The normalized spacial score (nSPS) is 20.6. The summed E-state index contributed by atoms with van der Waals surface area (Å²) in [6.07, 6.45) is 0.925. The zero-order valence-corrected chi connectivity index (χ0v) is 9.51. The van der Waals surface area contributed by atoms with Gasteiger partial charge in [0.1, 0.15) is 5.69 Å². The maximum atomic E-state index is 11.1. The molecule has 0 aliphatic carbocycles. The van der Waals surface area contributed by atoms with E-state index in [1.165, 1.54) is 0 Å². The van der Waals surface area contributed by atoms with Crippen molar-refractivity contribution in [2.24, 2.45) is 0 Å². The Morgan fingerprint density at radius 2 is 2.44 bits per heavy atom. The number of hydrogen-bond donors (Lipinski definition) is 1. The Morgan fingerprint density at radius 3 is 2.88 bits per heavy atom. The fraction of sp³-hybridized carbons (Fsp3) is 0.636. The number of ether oxygens (including phenoxy) is 1. The maximum Gasteiger partial charge on any atom is 0.354 e. The summed E-state index contributed by atoms with van der Waals surface area (Å²) in [7, 11) is 0. The molecule has 0 radical (unpaired) electrons. The molecule has 2 heterocycles. The van der Waals surface area contributed by atoms with Gasteiger partial charge in [0, 0.05) is 18.6 Å². The van der Waals surface area contributed by atoms with E-state index in [9.17, 15) is 4.79 Å². The van der Waals surface area contributed by atoms with Crippen molar-refractivity contribution in [2.45, 2.75) is 32.2 Å². The van der Waals surface area contributed by atoms with Gasteiger partial charge in [-0.15, -0.1) is 0 Å². The third-order valence-electron chi connectivity index (χ3n) is 2.81. The third kappa shape index (κ3) is 1.95. The van der Waals surface area contributed by atoms with Crippen molar-refractivity contribution in [3.8, 4) is 0 Å². The minimum Gasteiger partial charge on any atom is -0.477 e. The van der Waals surface area contributed by atoms with Gasteiger partial charge in [-0.3, -0.25) is 4.68 Å². The first-order chi connectivity index (χ1) is 7.59. The Morgan fingerprint density at radius 1 is 1.69 bits per heavy atom. The van der Waals surface area contributed by atoms with Gasteiger partial charge >= 0.3 is 5.97 Å². The van der Waals surface area contributed by atoms with E-state index < -0.39 is 5.97 Å². The molecule has 2 rings (SSSR count). The number of rotatable bonds is 3. The van der Waals surface area contributed by atoms with E-state index in [1.54, 1.807) is 10.7 Å². The largest absolute Gasteiger partial charge is 0.477 e. The Hall–Kier alpha value is -1.36. The van der Waals surface area contributed by atoms with E-state index in [0.717, 1.165) is 18.7 Å². The van der Waals surface area contributed by atoms with Crippen molar-refractivity contribution in [1.29, 1.82) is 0 Å². The summed E-state index contributed by atoms with van der Waals surface area (Å²) in [5.74, 6) is -0.676. The van der Waals surface area contributed by atoms with Crippen LogP contribution in [0.3, 0.4) is 0 Å². The van der Waals surface area contributed by atoms with E-state index >= 15 is 0 Å². The van der Waals surface area contributed by atoms with Crippen molar-refractivity contribution in [3.63, 3.8) is 0 Å². The minimum atomic E-state index is -0.925. The maximum absolute atomic E-state index is 11.1. The second-order valence-corrected chi connectivity index (χ2v) is 4.36. The van der Waals surface area contributed by atoms with Crippen molar-refractivity contribution < 1.29 is 14.6 Å². The Labute approximate surface area is 94.0 Å². The summed E-state index contributed by atoms with van der Waals surface area (Å²) in [5, 5.41) is 13.4. The topological polar surface area (TPSA) is 64.4 Å². The van der Waals surface area contributed by atoms with Crippen LogP contribution in [-0.4, -0.2) is 34.1 Å². The molecule has 1 saturated heterocycles. The first-order valence-corrected chi connectivity index (χ1v) is 5.50. The second-order valence-electron chi connectivity index (χ2n) is 4.36. The van der Waals surface area contributed by atoms with Crippen LogP contribution in [0, 0.1) is 0 Å². The fourth-order valence-electron chi connectivity index (χ4n) is 1.93. The predicted octanol–water partition coefficient (Wildman–Crippen LogP) is 1.67. The van der Waals surface area contributed by atoms with Gasteiger partial charge in [0.25, 0.3) is 0 Å². The number of carbonyl (C=O) groups is 1.